The van der Waals surface area contributed by atoms with E-state index in [1.54, 1.807) is 0 Å². The number of amides is 2. The van der Waals surface area contributed by atoms with E-state index < -0.39 is 0 Å². The lowest BCUT2D eigenvalue weighted by Crippen LogP contribution is -2.45. The zero-order valence-corrected chi connectivity index (χ0v) is 22.9. The fourth-order valence-electron chi connectivity index (χ4n) is 4.66. The van der Waals surface area contributed by atoms with Gasteiger partial charge in [0.2, 0.25) is 0 Å². The van der Waals surface area contributed by atoms with Crippen LogP contribution in [-0.4, -0.2) is 49.0 Å². The quantitative estimate of drug-likeness (QED) is 0.259. The SMILES string of the molecule is C[N+](C)(Cc1ccccc1)C(=O)Cc1ccc(-c2ccc(CC(=O)[N+](C)(C)Cc3ccccc3)cc2)cc1. The van der Waals surface area contributed by atoms with E-state index in [0.717, 1.165) is 33.4 Å². The molecular weight excluding hydrogens is 468 g/mol. The number of carbonyl (C=O) groups is 2. The van der Waals surface area contributed by atoms with Crippen molar-refractivity contribution in [2.24, 2.45) is 0 Å². The summed E-state index contributed by atoms with van der Waals surface area (Å²) in [7, 11) is 7.88. The summed E-state index contributed by atoms with van der Waals surface area (Å²) in [5.74, 6) is 0.369. The van der Waals surface area contributed by atoms with Gasteiger partial charge in [0.25, 0.3) is 0 Å². The van der Waals surface area contributed by atoms with Crippen molar-refractivity contribution in [3.63, 3.8) is 0 Å². The largest absolute Gasteiger partial charge is 0.317 e. The highest BCUT2D eigenvalue weighted by Gasteiger charge is 2.27. The third-order valence-corrected chi connectivity index (χ3v) is 7.14. The van der Waals surface area contributed by atoms with Gasteiger partial charge in [-0.05, 0) is 22.3 Å². The lowest BCUT2D eigenvalue weighted by molar-refractivity contribution is -0.827. The standard InChI is InChI=1S/C34H38N2O2/c1-35(2,25-29-11-7-5-8-12-29)33(37)23-27-15-19-31(20-16-27)32-21-17-28(18-22-32)24-34(38)36(3,4)26-30-13-9-6-10-14-30/h5-22H,23-26H2,1-4H3/q+2. The molecule has 4 aromatic rings. The minimum Gasteiger partial charge on any atom is -0.261 e. The second-order valence-corrected chi connectivity index (χ2v) is 11.2. The van der Waals surface area contributed by atoms with E-state index >= 15 is 0 Å². The molecule has 0 aromatic heterocycles. The summed E-state index contributed by atoms with van der Waals surface area (Å²) in [6.45, 7) is 1.35. The molecule has 0 N–H and O–H groups in total. The third-order valence-electron chi connectivity index (χ3n) is 7.14. The molecule has 0 spiro atoms. The highest BCUT2D eigenvalue weighted by Crippen LogP contribution is 2.22. The van der Waals surface area contributed by atoms with E-state index in [1.807, 2.05) is 88.9 Å². The summed E-state index contributed by atoms with van der Waals surface area (Å²) in [5.41, 5.74) is 6.53. The Morgan fingerprint density at radius 2 is 0.763 bits per heavy atom. The molecule has 0 atom stereocenters. The Hall–Kier alpha value is -3.86. The molecule has 0 unspecified atom stereocenters. The summed E-state index contributed by atoms with van der Waals surface area (Å²) in [6, 6.07) is 36.7. The summed E-state index contributed by atoms with van der Waals surface area (Å²) in [5, 5.41) is 0. The van der Waals surface area contributed by atoms with Crippen LogP contribution in [0.15, 0.2) is 109 Å². The molecule has 4 aromatic carbocycles. The Morgan fingerprint density at radius 3 is 1.08 bits per heavy atom. The summed E-state index contributed by atoms with van der Waals surface area (Å²) >= 11 is 0. The van der Waals surface area contributed by atoms with Crippen LogP contribution in [0.25, 0.3) is 11.1 Å². The highest BCUT2D eigenvalue weighted by molar-refractivity contribution is 5.74. The number of quaternary nitrogens is 2. The van der Waals surface area contributed by atoms with Crippen LogP contribution in [0, 0.1) is 0 Å². The molecule has 2 amide bonds. The van der Waals surface area contributed by atoms with E-state index in [9.17, 15) is 9.59 Å². The van der Waals surface area contributed by atoms with Crippen molar-refractivity contribution in [2.45, 2.75) is 25.9 Å². The van der Waals surface area contributed by atoms with E-state index in [2.05, 4.69) is 48.5 Å². The van der Waals surface area contributed by atoms with Crippen LogP contribution >= 0.6 is 0 Å². The Bertz CT molecular complexity index is 1250. The van der Waals surface area contributed by atoms with Crippen molar-refractivity contribution in [3.8, 4) is 11.1 Å². The molecule has 0 aliphatic rings. The Balaban J connectivity index is 1.35. The topological polar surface area (TPSA) is 34.1 Å². The molecule has 0 radical (unpaired) electrons. The average molecular weight is 507 g/mol. The highest BCUT2D eigenvalue weighted by atomic mass is 16.2. The van der Waals surface area contributed by atoms with Gasteiger partial charge in [0.1, 0.15) is 13.1 Å². The number of carbonyl (C=O) groups excluding carboxylic acids is 2. The fourth-order valence-corrected chi connectivity index (χ4v) is 4.66. The van der Waals surface area contributed by atoms with Gasteiger partial charge in [-0.2, -0.15) is 0 Å². The van der Waals surface area contributed by atoms with Crippen molar-refractivity contribution in [3.05, 3.63) is 131 Å². The maximum atomic E-state index is 13.0. The van der Waals surface area contributed by atoms with Crippen LogP contribution in [0.2, 0.25) is 0 Å². The van der Waals surface area contributed by atoms with Gasteiger partial charge in [-0.15, -0.1) is 0 Å². The number of benzene rings is 4. The van der Waals surface area contributed by atoms with Gasteiger partial charge < -0.3 is 0 Å². The maximum Gasteiger partial charge on any atom is 0.317 e. The first kappa shape index (κ1) is 27.2. The van der Waals surface area contributed by atoms with E-state index in [-0.39, 0.29) is 11.8 Å². The zero-order chi connectivity index (χ0) is 27.2. The molecule has 38 heavy (non-hydrogen) atoms. The van der Waals surface area contributed by atoms with Gasteiger partial charge in [0.15, 0.2) is 0 Å². The minimum absolute atomic E-state index is 0.184. The molecule has 194 valence electrons. The number of rotatable bonds is 9. The van der Waals surface area contributed by atoms with Gasteiger partial charge in [-0.1, -0.05) is 109 Å². The molecule has 0 bridgehead atoms. The average Bonchev–Trinajstić information content (AvgIpc) is 2.90. The lowest BCUT2D eigenvalue weighted by atomic mass is 10.00. The number of nitrogens with zero attached hydrogens (tertiary/aromatic N) is 2. The van der Waals surface area contributed by atoms with E-state index in [1.165, 1.54) is 0 Å². The molecule has 4 rings (SSSR count). The van der Waals surface area contributed by atoms with Crippen LogP contribution in [0.4, 0.5) is 0 Å². The summed E-state index contributed by atoms with van der Waals surface area (Å²) in [6.07, 6.45) is 0.802. The fraction of sp³-hybridized carbons (Fsp3) is 0.235. The van der Waals surface area contributed by atoms with Crippen LogP contribution < -0.4 is 0 Å². The first-order chi connectivity index (χ1) is 18.1. The summed E-state index contributed by atoms with van der Waals surface area (Å²) in [4.78, 5) is 26.1. The first-order valence-corrected chi connectivity index (χ1v) is 13.1. The zero-order valence-electron chi connectivity index (χ0n) is 22.9. The van der Waals surface area contributed by atoms with Gasteiger partial charge in [0.05, 0.1) is 41.0 Å². The molecule has 0 saturated carbocycles. The molecule has 0 saturated heterocycles. The normalized spacial score (nSPS) is 11.8. The van der Waals surface area contributed by atoms with Crippen LogP contribution in [0.1, 0.15) is 22.3 Å². The van der Waals surface area contributed by atoms with Crippen molar-refractivity contribution < 1.29 is 18.6 Å². The Morgan fingerprint density at radius 1 is 0.447 bits per heavy atom. The molecule has 0 aliphatic heterocycles. The van der Waals surface area contributed by atoms with Crippen LogP contribution in [0.3, 0.4) is 0 Å². The maximum absolute atomic E-state index is 13.0. The van der Waals surface area contributed by atoms with Crippen LogP contribution in [0.5, 0.6) is 0 Å². The summed E-state index contributed by atoms with van der Waals surface area (Å²) < 4.78 is 0.625. The molecule has 0 heterocycles. The molecule has 0 aliphatic carbocycles. The molecule has 0 fully saturated rings. The second kappa shape index (κ2) is 11.7. The van der Waals surface area contributed by atoms with Gasteiger partial charge in [-0.3, -0.25) is 8.97 Å². The van der Waals surface area contributed by atoms with Crippen molar-refractivity contribution in [2.75, 3.05) is 28.2 Å². The van der Waals surface area contributed by atoms with E-state index in [0.29, 0.717) is 34.9 Å². The smallest absolute Gasteiger partial charge is 0.261 e. The third kappa shape index (κ3) is 7.12. The predicted molar refractivity (Wildman–Crippen MR) is 154 cm³/mol. The Labute approximate surface area is 227 Å². The van der Waals surface area contributed by atoms with Crippen LogP contribution in [-0.2, 0) is 35.5 Å². The van der Waals surface area contributed by atoms with Crippen molar-refractivity contribution >= 4 is 11.8 Å². The van der Waals surface area contributed by atoms with Gasteiger partial charge >= 0.3 is 11.8 Å². The molecule has 4 heteroatoms. The van der Waals surface area contributed by atoms with E-state index in [4.69, 9.17) is 0 Å². The second-order valence-electron chi connectivity index (χ2n) is 11.2. The number of likely N-dealkylation sites (N-methyl/N-ethyl adjacent to an activating group) is 2. The first-order valence-electron chi connectivity index (χ1n) is 13.1. The Kier molecular flexibility index (Phi) is 8.35. The van der Waals surface area contributed by atoms with Gasteiger partial charge in [-0.25, -0.2) is 9.59 Å². The van der Waals surface area contributed by atoms with Crippen molar-refractivity contribution in [1.29, 1.82) is 0 Å². The number of hydrogen-bond acceptors (Lipinski definition) is 2. The van der Waals surface area contributed by atoms with Crippen molar-refractivity contribution in [1.82, 2.24) is 0 Å². The molecule has 4 nitrogen and oxygen atoms in total. The minimum atomic E-state index is 0.184. The van der Waals surface area contributed by atoms with Gasteiger partial charge in [0, 0.05) is 11.1 Å². The molecular formula is C34H38N2O2+2. The predicted octanol–water partition coefficient (Wildman–Crippen LogP) is 6.05. The lowest BCUT2D eigenvalue weighted by Gasteiger charge is -2.27. The monoisotopic (exact) mass is 506 g/mol. The number of hydrogen-bond donors (Lipinski definition) is 0.